The molecule has 0 amide bonds. The minimum absolute atomic E-state index is 0. The van der Waals surface area contributed by atoms with Crippen LogP contribution in [0.4, 0.5) is 0 Å². The normalized spacial score (nSPS) is 7.25. The minimum atomic E-state index is -1.06. The van der Waals surface area contributed by atoms with E-state index in [0.29, 0.717) is 6.61 Å². The second kappa shape index (κ2) is 23.7. The van der Waals surface area contributed by atoms with Crippen LogP contribution < -0.4 is 5.90 Å². The number of hydrogen-bond acceptors (Lipinski definition) is 5. The third-order valence-electron chi connectivity index (χ3n) is 0.636. The molecule has 0 aromatic carbocycles. The summed E-state index contributed by atoms with van der Waals surface area (Å²) < 4.78 is 4.50. The largest absolute Gasteiger partial charge is 0.480 e. The molecule has 0 bridgehead atoms. The van der Waals surface area contributed by atoms with Crippen molar-refractivity contribution < 1.29 is 29.4 Å². The molecule has 16 heavy (non-hydrogen) atoms. The number of halogens is 1. The number of hydrogen-bond donors (Lipinski definition) is 3. The lowest BCUT2D eigenvalue weighted by atomic mass is 10.7. The van der Waals surface area contributed by atoms with Crippen molar-refractivity contribution in [3.05, 3.63) is 0 Å². The zero-order valence-electron chi connectivity index (χ0n) is 8.60. The predicted molar refractivity (Wildman–Crippen MR) is 60.4 cm³/mol. The van der Waals surface area contributed by atoms with Gasteiger partial charge in [-0.15, -0.1) is 11.6 Å². The Morgan fingerprint density at radius 2 is 1.56 bits per heavy atom. The fourth-order valence-electron chi connectivity index (χ4n) is 0.261. The Morgan fingerprint density at radius 1 is 1.19 bits per heavy atom. The monoisotopic (exact) mass is 261 g/mol. The Bertz CT molecular complexity index is 155. The molecule has 7 nitrogen and oxygen atoms in total. The number of carboxylic acids is 2. The molecular formula is C8H20ClNO6. The van der Waals surface area contributed by atoms with E-state index in [1.165, 1.54) is 6.38 Å². The summed E-state index contributed by atoms with van der Waals surface area (Å²) in [6.45, 7) is 1.60. The van der Waals surface area contributed by atoms with Crippen molar-refractivity contribution in [2.75, 3.05) is 26.2 Å². The molecule has 0 aliphatic heterocycles. The van der Waals surface area contributed by atoms with Crippen LogP contribution in [0, 0.1) is 0 Å². The maximum Gasteiger partial charge on any atom is 0.331 e. The quantitative estimate of drug-likeness (QED) is 0.489. The van der Waals surface area contributed by atoms with Crippen LogP contribution in [0.2, 0.25) is 0 Å². The van der Waals surface area contributed by atoms with Crippen LogP contribution in [0.25, 0.3) is 0 Å². The van der Waals surface area contributed by atoms with E-state index >= 15 is 0 Å². The van der Waals surface area contributed by atoms with Gasteiger partial charge in [-0.2, -0.15) is 0 Å². The number of alkyl halides is 1. The summed E-state index contributed by atoms with van der Waals surface area (Å²) in [5.41, 5.74) is 0. The molecule has 0 fully saturated rings. The van der Waals surface area contributed by atoms with E-state index in [1.54, 1.807) is 6.92 Å². The average molecular weight is 262 g/mol. The van der Waals surface area contributed by atoms with Gasteiger partial charge in [0, 0.05) is 13.0 Å². The summed E-state index contributed by atoms with van der Waals surface area (Å²) in [5.74, 6) is 2.38. The van der Waals surface area contributed by atoms with Crippen molar-refractivity contribution in [3.8, 4) is 0 Å². The number of ether oxygens (including phenoxy) is 1. The number of aliphatic carboxylic acids is 2. The van der Waals surface area contributed by atoms with Crippen LogP contribution in [-0.4, -0.2) is 48.4 Å². The van der Waals surface area contributed by atoms with Gasteiger partial charge < -0.3 is 14.9 Å². The van der Waals surface area contributed by atoms with Crippen LogP contribution in [0.5, 0.6) is 0 Å². The van der Waals surface area contributed by atoms with Crippen LogP contribution in [0.1, 0.15) is 14.4 Å². The highest BCUT2D eigenvalue weighted by molar-refractivity contribution is 6.15. The Balaban J connectivity index is -0.0000000743. The molecule has 0 aromatic heterocycles. The van der Waals surface area contributed by atoms with Gasteiger partial charge in [-0.1, -0.05) is 7.43 Å². The van der Waals surface area contributed by atoms with E-state index in [-0.39, 0.29) is 14.0 Å². The second-order valence-corrected chi connectivity index (χ2v) is 1.74. The topological polar surface area (TPSA) is 119 Å². The molecule has 0 unspecified atom stereocenters. The van der Waals surface area contributed by atoms with Crippen molar-refractivity contribution in [1.82, 2.24) is 0 Å². The maximum absolute atomic E-state index is 9.63. The molecule has 4 N–H and O–H groups in total. The first-order valence-electron chi connectivity index (χ1n) is 3.75. The number of rotatable bonds is 5. The summed E-state index contributed by atoms with van der Waals surface area (Å²) in [6.07, 6.45) is 1.47. The van der Waals surface area contributed by atoms with Crippen LogP contribution in [-0.2, 0) is 19.2 Å². The lowest BCUT2D eigenvalue weighted by molar-refractivity contribution is -0.143. The van der Waals surface area contributed by atoms with Crippen molar-refractivity contribution >= 4 is 23.5 Å². The Kier molecular flexibility index (Phi) is 36.1. The molecule has 0 aliphatic carbocycles. The highest BCUT2D eigenvalue weighted by Gasteiger charge is 1.90. The first-order chi connectivity index (χ1) is 7.04. The molecule has 0 radical (unpaired) electrons. The van der Waals surface area contributed by atoms with Gasteiger partial charge in [0.05, 0.1) is 0 Å². The first-order valence-corrected chi connectivity index (χ1v) is 4.51. The zero-order valence-corrected chi connectivity index (χ0v) is 9.36. The van der Waals surface area contributed by atoms with Crippen LogP contribution in [0.15, 0.2) is 0 Å². The highest BCUT2D eigenvalue weighted by Crippen LogP contribution is 1.69. The molecule has 0 heterocycles. The summed E-state index contributed by atoms with van der Waals surface area (Å²) >= 11 is 4.64. The fraction of sp³-hybridized carbons (Fsp3) is 0.750. The number of nitrogens with two attached hydrogens (primary N) is 1. The zero-order chi connectivity index (χ0) is 12.7. The van der Waals surface area contributed by atoms with E-state index in [4.69, 9.17) is 10.2 Å². The van der Waals surface area contributed by atoms with Crippen LogP contribution >= 0.6 is 11.6 Å². The maximum atomic E-state index is 9.63. The van der Waals surface area contributed by atoms with Gasteiger partial charge >= 0.3 is 11.9 Å². The summed E-state index contributed by atoms with van der Waals surface area (Å²) in [6, 6.07) is 0. The lowest BCUT2D eigenvalue weighted by Gasteiger charge is -1.90. The predicted octanol–water partition coefficient (Wildman–Crippen LogP) is 0.560. The molecule has 8 heteroatoms. The summed E-state index contributed by atoms with van der Waals surface area (Å²) in [5, 5.41) is 15.6. The van der Waals surface area contributed by atoms with Gasteiger partial charge in [0.25, 0.3) is 0 Å². The molecule has 0 aromatic rings. The van der Waals surface area contributed by atoms with Gasteiger partial charge in [0.2, 0.25) is 0 Å². The highest BCUT2D eigenvalue weighted by atomic mass is 35.5. The van der Waals surface area contributed by atoms with Crippen LogP contribution in [0.3, 0.4) is 0 Å². The minimum Gasteiger partial charge on any atom is -0.480 e. The molecular weight excluding hydrogens is 242 g/mol. The Morgan fingerprint density at radius 3 is 1.62 bits per heavy atom. The van der Waals surface area contributed by atoms with Gasteiger partial charge in [-0.05, 0) is 6.92 Å². The summed E-state index contributed by atoms with van der Waals surface area (Å²) in [4.78, 5) is 22.7. The standard InChI is InChI=1S/C4H8O3.C2H5NO3.CH3Cl.CH4/c1-2-7-3-4(5)6;3-6-1-2(4)5;1-2;/h2-3H2,1H3,(H,5,6);1,3H2,(H,4,5);1H3;1H4. The molecule has 0 saturated carbocycles. The van der Waals surface area contributed by atoms with Gasteiger partial charge in [-0.25, -0.2) is 15.5 Å². The molecule has 0 spiro atoms. The lowest BCUT2D eigenvalue weighted by Crippen LogP contribution is -2.10. The smallest absolute Gasteiger partial charge is 0.331 e. The summed E-state index contributed by atoms with van der Waals surface area (Å²) in [7, 11) is 0. The van der Waals surface area contributed by atoms with Crippen molar-refractivity contribution in [2.45, 2.75) is 14.4 Å². The van der Waals surface area contributed by atoms with E-state index in [0.717, 1.165) is 0 Å². The molecule has 0 rings (SSSR count). The average Bonchev–Trinajstić information content (AvgIpc) is 2.18. The molecule has 0 saturated heterocycles. The van der Waals surface area contributed by atoms with Gasteiger partial charge in [0.15, 0.2) is 6.61 Å². The fourth-order valence-corrected chi connectivity index (χ4v) is 0.261. The molecule has 100 valence electrons. The van der Waals surface area contributed by atoms with E-state index < -0.39 is 18.5 Å². The van der Waals surface area contributed by atoms with E-state index in [2.05, 4.69) is 27.1 Å². The van der Waals surface area contributed by atoms with E-state index in [9.17, 15) is 9.59 Å². The number of carbonyl (C=O) groups is 2. The van der Waals surface area contributed by atoms with Crippen molar-refractivity contribution in [1.29, 1.82) is 0 Å². The van der Waals surface area contributed by atoms with Gasteiger partial charge in [-0.3, -0.25) is 4.84 Å². The second-order valence-electron chi connectivity index (χ2n) is 1.74. The molecule has 0 atom stereocenters. The van der Waals surface area contributed by atoms with Crippen molar-refractivity contribution in [2.24, 2.45) is 5.90 Å². The van der Waals surface area contributed by atoms with Crippen molar-refractivity contribution in [3.63, 3.8) is 0 Å². The Hall–Kier alpha value is -0.890. The first kappa shape index (κ1) is 24.4. The Labute approximate surface area is 100 Å². The third kappa shape index (κ3) is 51.5. The third-order valence-corrected chi connectivity index (χ3v) is 0.636. The molecule has 0 aliphatic rings. The number of carboxylic acid groups (broad SMARTS) is 2. The van der Waals surface area contributed by atoms with E-state index in [1.807, 2.05) is 0 Å². The van der Waals surface area contributed by atoms with Gasteiger partial charge in [0.1, 0.15) is 6.61 Å². The SMILES string of the molecule is C.CCOCC(=O)O.CCl.NOCC(=O)O.